The van der Waals surface area contributed by atoms with Crippen molar-refractivity contribution < 1.29 is 14.3 Å². The van der Waals surface area contributed by atoms with Gasteiger partial charge in [0.15, 0.2) is 11.5 Å². The largest absolute Gasteiger partial charge is 0.490 e. The zero-order chi connectivity index (χ0) is 26.5. The first-order valence-electron chi connectivity index (χ1n) is 14.8. The number of rotatable bonds is 9. The molecule has 38 heavy (non-hydrogen) atoms. The van der Waals surface area contributed by atoms with Gasteiger partial charge in [-0.3, -0.25) is 9.69 Å². The Bertz CT molecular complexity index is 1120. The van der Waals surface area contributed by atoms with E-state index >= 15 is 0 Å². The van der Waals surface area contributed by atoms with Gasteiger partial charge in [0, 0.05) is 51.3 Å². The maximum Gasteiger partial charge on any atom is 0.223 e. The second-order valence-corrected chi connectivity index (χ2v) is 11.7. The molecule has 2 aromatic carbocycles. The zero-order valence-electron chi connectivity index (χ0n) is 23.6. The second kappa shape index (κ2) is 12.4. The Balaban J connectivity index is 1.25. The van der Waals surface area contributed by atoms with E-state index in [0.29, 0.717) is 38.0 Å². The molecule has 0 radical (unpaired) electrons. The third-order valence-electron chi connectivity index (χ3n) is 8.07. The number of fused-ring (bicyclic) bond motifs is 2. The number of ether oxygens (including phenoxy) is 2. The third-order valence-corrected chi connectivity index (χ3v) is 8.07. The molecule has 3 heterocycles. The van der Waals surface area contributed by atoms with Gasteiger partial charge in [-0.15, -0.1) is 0 Å². The average Bonchev–Trinajstić information content (AvgIpc) is 3.26. The molecule has 0 saturated carbocycles. The van der Waals surface area contributed by atoms with Crippen molar-refractivity contribution in [3.05, 3.63) is 52.6 Å². The van der Waals surface area contributed by atoms with Crippen LogP contribution in [0.5, 0.6) is 11.5 Å². The minimum atomic E-state index is 0.276. The van der Waals surface area contributed by atoms with Crippen molar-refractivity contribution in [1.82, 2.24) is 9.80 Å². The summed E-state index contributed by atoms with van der Waals surface area (Å²) in [5.41, 5.74) is 6.48. The van der Waals surface area contributed by atoms with Gasteiger partial charge in [0.2, 0.25) is 5.91 Å². The molecule has 3 aliphatic rings. The molecule has 1 fully saturated rings. The molecule has 2 aromatic rings. The molecule has 1 unspecified atom stereocenters. The van der Waals surface area contributed by atoms with E-state index in [1.165, 1.54) is 22.4 Å². The topological polar surface area (TPSA) is 54.0 Å². The molecular weight excluding hydrogens is 474 g/mol. The first kappa shape index (κ1) is 26.9. The molecule has 3 aliphatic heterocycles. The molecular formula is C32H45N3O3. The molecule has 6 nitrogen and oxygen atoms in total. The van der Waals surface area contributed by atoms with E-state index in [0.717, 1.165) is 81.9 Å². The van der Waals surface area contributed by atoms with Gasteiger partial charge in [0.25, 0.3) is 0 Å². The highest BCUT2D eigenvalue weighted by Crippen LogP contribution is 2.36. The highest BCUT2D eigenvalue weighted by Gasteiger charge is 2.27. The minimum absolute atomic E-state index is 0.276. The number of benzene rings is 2. The number of piperidine rings is 1. The van der Waals surface area contributed by atoms with Crippen LogP contribution in [0.3, 0.4) is 0 Å². The number of amides is 1. The Morgan fingerprint density at radius 1 is 1.16 bits per heavy atom. The monoisotopic (exact) mass is 519 g/mol. The standard InChI is InChI=1S/C32H45N3O3/c1-4-26-16-25(17-29-32(26)38-15-7-14-37-29)21-35(19-23(2)3)30(36)18-24-8-6-13-34(20-24)22-28-10-5-9-27-11-12-33-31(27)28/h5,9-10,16-17,23-24,33H,4,6-8,11-15,18-22H2,1-3H3. The van der Waals surface area contributed by atoms with Gasteiger partial charge in [0.1, 0.15) is 0 Å². The lowest BCUT2D eigenvalue weighted by atomic mass is 9.93. The number of hydrogen-bond acceptors (Lipinski definition) is 5. The summed E-state index contributed by atoms with van der Waals surface area (Å²) in [4.78, 5) is 18.3. The van der Waals surface area contributed by atoms with E-state index in [1.807, 2.05) is 0 Å². The highest BCUT2D eigenvalue weighted by atomic mass is 16.5. The number of hydrogen-bond donors (Lipinski definition) is 1. The summed E-state index contributed by atoms with van der Waals surface area (Å²) >= 11 is 0. The van der Waals surface area contributed by atoms with Gasteiger partial charge >= 0.3 is 0 Å². The SMILES string of the molecule is CCc1cc(CN(CC(C)C)C(=O)CC2CCCN(Cc3cccc4c3NCC4)C2)cc2c1OCCCO2. The average molecular weight is 520 g/mol. The Morgan fingerprint density at radius 2 is 2.03 bits per heavy atom. The molecule has 0 bridgehead atoms. The van der Waals surface area contributed by atoms with Crippen LogP contribution in [0.4, 0.5) is 5.69 Å². The Labute approximate surface area is 228 Å². The van der Waals surface area contributed by atoms with E-state index in [4.69, 9.17) is 9.47 Å². The van der Waals surface area contributed by atoms with Crippen molar-refractivity contribution in [2.75, 3.05) is 44.7 Å². The van der Waals surface area contributed by atoms with Crippen LogP contribution < -0.4 is 14.8 Å². The van der Waals surface area contributed by atoms with Crippen LogP contribution in [0, 0.1) is 11.8 Å². The molecule has 1 atom stereocenters. The fourth-order valence-electron chi connectivity index (χ4n) is 6.30. The van der Waals surface area contributed by atoms with Crippen molar-refractivity contribution in [2.24, 2.45) is 11.8 Å². The lowest BCUT2D eigenvalue weighted by Gasteiger charge is -2.34. The molecule has 0 aliphatic carbocycles. The number of carbonyl (C=O) groups is 1. The molecule has 6 heteroatoms. The summed E-state index contributed by atoms with van der Waals surface area (Å²) in [6.07, 6.45) is 5.82. The van der Waals surface area contributed by atoms with Crippen LogP contribution in [0.25, 0.3) is 0 Å². The first-order chi connectivity index (χ1) is 18.5. The number of aryl methyl sites for hydroxylation is 1. The van der Waals surface area contributed by atoms with Crippen LogP contribution in [0.15, 0.2) is 30.3 Å². The van der Waals surface area contributed by atoms with E-state index < -0.39 is 0 Å². The third kappa shape index (κ3) is 6.45. The van der Waals surface area contributed by atoms with Gasteiger partial charge in [-0.25, -0.2) is 0 Å². The normalized spacial score (nSPS) is 19.1. The van der Waals surface area contributed by atoms with E-state index in [2.05, 4.69) is 66.2 Å². The van der Waals surface area contributed by atoms with Gasteiger partial charge in [-0.1, -0.05) is 45.0 Å². The Hall–Kier alpha value is -2.73. The molecule has 1 N–H and O–H groups in total. The minimum Gasteiger partial charge on any atom is -0.490 e. The van der Waals surface area contributed by atoms with Crippen molar-refractivity contribution in [3.8, 4) is 11.5 Å². The van der Waals surface area contributed by atoms with E-state index in [1.54, 1.807) is 0 Å². The summed E-state index contributed by atoms with van der Waals surface area (Å²) in [5, 5.41) is 3.58. The maximum atomic E-state index is 13.7. The predicted molar refractivity (Wildman–Crippen MR) is 153 cm³/mol. The van der Waals surface area contributed by atoms with Crippen LogP contribution in [0.1, 0.15) is 68.7 Å². The maximum absolute atomic E-state index is 13.7. The summed E-state index contributed by atoms with van der Waals surface area (Å²) < 4.78 is 12.0. The van der Waals surface area contributed by atoms with Gasteiger partial charge in [-0.2, -0.15) is 0 Å². The molecule has 1 saturated heterocycles. The predicted octanol–water partition coefficient (Wildman–Crippen LogP) is 5.67. The van der Waals surface area contributed by atoms with Crippen molar-refractivity contribution in [3.63, 3.8) is 0 Å². The number of likely N-dealkylation sites (tertiary alicyclic amines) is 1. The number of carbonyl (C=O) groups excluding carboxylic acids is 1. The van der Waals surface area contributed by atoms with Crippen LogP contribution in [-0.2, 0) is 30.7 Å². The number of para-hydroxylation sites is 1. The summed E-state index contributed by atoms with van der Waals surface area (Å²) in [6, 6.07) is 11.0. The van der Waals surface area contributed by atoms with Gasteiger partial charge in [0.05, 0.1) is 13.2 Å². The van der Waals surface area contributed by atoms with Gasteiger partial charge < -0.3 is 19.7 Å². The lowest BCUT2D eigenvalue weighted by Crippen LogP contribution is -2.39. The summed E-state index contributed by atoms with van der Waals surface area (Å²) in [7, 11) is 0. The van der Waals surface area contributed by atoms with Crippen LogP contribution >= 0.6 is 0 Å². The van der Waals surface area contributed by atoms with Crippen LogP contribution in [-0.4, -0.2) is 55.1 Å². The lowest BCUT2D eigenvalue weighted by molar-refractivity contribution is -0.133. The quantitative estimate of drug-likeness (QED) is 0.463. The molecule has 5 rings (SSSR count). The van der Waals surface area contributed by atoms with Crippen molar-refractivity contribution >= 4 is 11.6 Å². The smallest absolute Gasteiger partial charge is 0.223 e. The van der Waals surface area contributed by atoms with E-state index in [-0.39, 0.29) is 5.91 Å². The van der Waals surface area contributed by atoms with Crippen molar-refractivity contribution in [1.29, 1.82) is 0 Å². The summed E-state index contributed by atoms with van der Waals surface area (Å²) in [5.74, 6) is 2.82. The number of anilines is 1. The highest BCUT2D eigenvalue weighted by molar-refractivity contribution is 5.76. The fourth-order valence-corrected chi connectivity index (χ4v) is 6.30. The number of nitrogens with zero attached hydrogens (tertiary/aromatic N) is 2. The first-order valence-corrected chi connectivity index (χ1v) is 14.8. The zero-order valence-corrected chi connectivity index (χ0v) is 23.6. The molecule has 1 amide bonds. The molecule has 0 spiro atoms. The molecule has 206 valence electrons. The van der Waals surface area contributed by atoms with Gasteiger partial charge in [-0.05, 0) is 72.4 Å². The fraction of sp³-hybridized carbons (Fsp3) is 0.594. The van der Waals surface area contributed by atoms with Crippen molar-refractivity contribution in [2.45, 2.75) is 72.4 Å². The van der Waals surface area contributed by atoms with E-state index in [9.17, 15) is 4.79 Å². The Kier molecular flexibility index (Phi) is 8.78. The summed E-state index contributed by atoms with van der Waals surface area (Å²) in [6.45, 7) is 13.4. The van der Waals surface area contributed by atoms with Crippen LogP contribution in [0.2, 0.25) is 0 Å². The second-order valence-electron chi connectivity index (χ2n) is 11.7. The Morgan fingerprint density at radius 3 is 2.87 bits per heavy atom. The number of nitrogens with one attached hydrogen (secondary N) is 1. The molecule has 0 aromatic heterocycles.